The van der Waals surface area contributed by atoms with Gasteiger partial charge in [-0.1, -0.05) is 83.2 Å². The summed E-state index contributed by atoms with van der Waals surface area (Å²) in [6.07, 6.45) is 3.41. The number of unbranched alkanes of at least 4 members (excludes halogenated alkanes) is 2. The number of ether oxygens (including phenoxy) is 3. The molecule has 0 saturated carbocycles. The summed E-state index contributed by atoms with van der Waals surface area (Å²) in [7, 11) is 0. The molecule has 0 aromatic rings. The van der Waals surface area contributed by atoms with Gasteiger partial charge in [0, 0.05) is 62.8 Å². The minimum Gasteiger partial charge on any atom is -0.481 e. The van der Waals surface area contributed by atoms with Crippen LogP contribution in [-0.4, -0.2) is 166 Å². The van der Waals surface area contributed by atoms with Crippen molar-refractivity contribution in [3.63, 3.8) is 0 Å². The molecule has 0 spiro atoms. The van der Waals surface area contributed by atoms with E-state index in [4.69, 9.17) is 25.7 Å². The summed E-state index contributed by atoms with van der Waals surface area (Å²) in [6.45, 7) is 14.0. The first-order valence-electron chi connectivity index (χ1n) is 26.7. The zero-order chi connectivity index (χ0) is 55.7. The van der Waals surface area contributed by atoms with Crippen molar-refractivity contribution in [2.24, 2.45) is 46.0 Å². The van der Waals surface area contributed by atoms with Gasteiger partial charge in [-0.05, 0) is 88.2 Å². The van der Waals surface area contributed by atoms with Crippen LogP contribution in [0.25, 0.3) is 0 Å². The standard InChI is InChI=1S/C55H95N3O16/c1-33-16-14-18-35(3)46(63)29-47(64)39(7)44(61)22-21-36(4)49(66)31-55(71)53(70)48(65)28-43(74-55)27-42(73-51(69)30-50(67)68)25-40(59)24-41(60)26-45(62)34(2)19-15-20-38(6)52(72-32-33)37(5)17-12-10-8-9-11-13-23-58-54(56)57/h8-9,14-16,18-20,35-49,52-53,59-66,70-71H,10-13,17,21-32H2,1-7H3,(H,67,68)(H4,56,57,58)/b9-8+,18-14?,20-15?,33-16?,34-19?/t35-,36-,37-,38+,39-,40+,41+,42-,43-,44+,45-,46-,47-,48+,49-,52-,53-,55+/m0/s1. The molecule has 1 saturated heterocycles. The number of carboxylic acid groups (broad SMARTS) is 1. The number of hydrogen-bond donors (Lipinski definition) is 13. The average molecular weight is 1050 g/mol. The molecule has 0 aliphatic carbocycles. The van der Waals surface area contributed by atoms with Crippen LogP contribution in [0.1, 0.15) is 145 Å². The van der Waals surface area contributed by atoms with Gasteiger partial charge in [-0.15, -0.1) is 0 Å². The van der Waals surface area contributed by atoms with Crippen molar-refractivity contribution in [1.29, 1.82) is 0 Å². The Bertz CT molecular complexity index is 1820. The van der Waals surface area contributed by atoms with E-state index in [2.05, 4.69) is 31.0 Å². The highest BCUT2D eigenvalue weighted by molar-refractivity contribution is 5.90. The summed E-state index contributed by atoms with van der Waals surface area (Å²) in [5.41, 5.74) is 12.3. The predicted octanol–water partition coefficient (Wildman–Crippen LogP) is 3.58. The number of aliphatic hydroxyl groups is 10. The number of carbonyl (C=O) groups is 2. The van der Waals surface area contributed by atoms with Crippen LogP contribution >= 0.6 is 0 Å². The molecule has 2 heterocycles. The molecule has 2 aliphatic rings. The molecular weight excluding hydrogens is 959 g/mol. The molecule has 0 aromatic carbocycles. The lowest BCUT2D eigenvalue weighted by Gasteiger charge is -2.45. The molecule has 15 N–H and O–H groups in total. The van der Waals surface area contributed by atoms with Gasteiger partial charge in [-0.25, -0.2) is 0 Å². The second-order valence-electron chi connectivity index (χ2n) is 21.4. The van der Waals surface area contributed by atoms with E-state index in [9.17, 15) is 65.8 Å². The van der Waals surface area contributed by atoms with E-state index >= 15 is 0 Å². The molecule has 2 bridgehead atoms. The Hall–Kier alpha value is -3.57. The van der Waals surface area contributed by atoms with Crippen molar-refractivity contribution in [2.45, 2.75) is 224 Å². The number of guanidine groups is 1. The van der Waals surface area contributed by atoms with E-state index in [1.54, 1.807) is 26.8 Å². The monoisotopic (exact) mass is 1050 g/mol. The van der Waals surface area contributed by atoms with Gasteiger partial charge >= 0.3 is 11.9 Å². The third-order valence-corrected chi connectivity index (χ3v) is 14.5. The number of carbonyl (C=O) groups excluding carboxylic acids is 1. The van der Waals surface area contributed by atoms with Crippen molar-refractivity contribution in [2.75, 3.05) is 13.2 Å². The fraction of sp³-hybridized carbons (Fsp3) is 0.764. The SMILES string of the molecule is CC1=CC=C[C@H](C)[C@@H](O)C[C@H](O)[C@@H](C)[C@H](O)CC[C@H](C)[C@@H](O)C[C@@]2(O)O[C@@H](C[C@@H](OC(=O)CC(=O)O)C[C@H](O)C[C@@H](O)C[C@H](O)C(C)=CC=C[C@@H](C)[C@H]([C@@H](C)CCC/C=C/CCCN=C(N)N)OC1)C[C@@H](O)[C@@H]2O. The molecule has 18 atom stereocenters. The van der Waals surface area contributed by atoms with Gasteiger partial charge in [0.2, 0.25) is 0 Å². The number of aliphatic carboxylic acids is 1. The Kier molecular flexibility index (Phi) is 30.8. The molecule has 0 aromatic heterocycles. The van der Waals surface area contributed by atoms with Gasteiger partial charge in [-0.3, -0.25) is 14.6 Å². The summed E-state index contributed by atoms with van der Waals surface area (Å²) in [6, 6.07) is 0. The van der Waals surface area contributed by atoms with Gasteiger partial charge < -0.3 is 81.8 Å². The number of allylic oxidation sites excluding steroid dienone is 6. The molecule has 0 radical (unpaired) electrons. The van der Waals surface area contributed by atoms with Crippen molar-refractivity contribution in [3.05, 3.63) is 59.8 Å². The van der Waals surface area contributed by atoms with Gasteiger partial charge in [0.25, 0.3) is 0 Å². The number of aliphatic imine (C=N–C) groups is 1. The van der Waals surface area contributed by atoms with Crippen LogP contribution in [0.4, 0.5) is 0 Å². The van der Waals surface area contributed by atoms with Gasteiger partial charge in [0.05, 0.1) is 67.6 Å². The molecule has 1 fully saturated rings. The minimum atomic E-state index is -2.51. The van der Waals surface area contributed by atoms with Gasteiger partial charge in [-0.2, -0.15) is 0 Å². The molecule has 2 rings (SSSR count). The Morgan fingerprint density at radius 3 is 2.08 bits per heavy atom. The van der Waals surface area contributed by atoms with E-state index in [0.717, 1.165) is 37.7 Å². The predicted molar refractivity (Wildman–Crippen MR) is 282 cm³/mol. The fourth-order valence-electron chi connectivity index (χ4n) is 9.44. The lowest BCUT2D eigenvalue weighted by atomic mass is 9.84. The van der Waals surface area contributed by atoms with Crippen LogP contribution in [0, 0.1) is 29.6 Å². The topological polar surface area (TPSA) is 349 Å². The van der Waals surface area contributed by atoms with E-state index in [-0.39, 0.29) is 81.2 Å². The number of carboxylic acids is 1. The van der Waals surface area contributed by atoms with Crippen molar-refractivity contribution in [1.82, 2.24) is 0 Å². The van der Waals surface area contributed by atoms with Crippen molar-refractivity contribution >= 4 is 17.9 Å². The number of nitrogens with two attached hydrogens (primary N) is 2. The summed E-state index contributed by atoms with van der Waals surface area (Å²) >= 11 is 0. The Morgan fingerprint density at radius 1 is 0.784 bits per heavy atom. The third-order valence-electron chi connectivity index (χ3n) is 14.5. The second-order valence-corrected chi connectivity index (χ2v) is 21.4. The number of fused-ring (bicyclic) bond motifs is 2. The quantitative estimate of drug-likeness (QED) is 0.0332. The van der Waals surface area contributed by atoms with Gasteiger partial charge in [0.15, 0.2) is 11.7 Å². The Labute approximate surface area is 439 Å². The number of aliphatic hydroxyl groups excluding tert-OH is 9. The molecule has 19 heteroatoms. The van der Waals surface area contributed by atoms with Gasteiger partial charge in [0.1, 0.15) is 18.6 Å². The smallest absolute Gasteiger partial charge is 0.317 e. The minimum absolute atomic E-state index is 0.00608. The molecule has 19 nitrogen and oxygen atoms in total. The molecule has 74 heavy (non-hydrogen) atoms. The maximum absolute atomic E-state index is 12.6. The highest BCUT2D eigenvalue weighted by atomic mass is 16.7. The third kappa shape index (κ3) is 25.5. The zero-order valence-corrected chi connectivity index (χ0v) is 45.0. The maximum Gasteiger partial charge on any atom is 0.317 e. The van der Waals surface area contributed by atoms with Crippen LogP contribution in [0.2, 0.25) is 0 Å². The molecule has 426 valence electrons. The normalized spacial score (nSPS) is 36.2. The number of rotatable bonds is 12. The highest BCUT2D eigenvalue weighted by Gasteiger charge is 2.50. The van der Waals surface area contributed by atoms with Crippen molar-refractivity contribution < 1.29 is 80.0 Å². The largest absolute Gasteiger partial charge is 0.481 e. The first-order valence-corrected chi connectivity index (χ1v) is 26.7. The zero-order valence-electron chi connectivity index (χ0n) is 45.0. The molecule has 2 aliphatic heterocycles. The van der Waals surface area contributed by atoms with Crippen LogP contribution in [-0.2, 0) is 23.8 Å². The lowest BCUT2D eigenvalue weighted by Crippen LogP contribution is -2.60. The van der Waals surface area contributed by atoms with E-state index in [0.29, 0.717) is 18.7 Å². The first kappa shape index (κ1) is 66.5. The summed E-state index contributed by atoms with van der Waals surface area (Å²) in [5, 5.41) is 120. The summed E-state index contributed by atoms with van der Waals surface area (Å²) in [5.74, 6) is -6.50. The maximum atomic E-state index is 12.6. The van der Waals surface area contributed by atoms with E-state index in [1.165, 1.54) is 0 Å². The highest BCUT2D eigenvalue weighted by Crippen LogP contribution is 2.36. The fourth-order valence-corrected chi connectivity index (χ4v) is 9.44. The number of hydrogen-bond acceptors (Lipinski definition) is 16. The summed E-state index contributed by atoms with van der Waals surface area (Å²) < 4.78 is 17.9. The van der Waals surface area contributed by atoms with Crippen LogP contribution in [0.5, 0.6) is 0 Å². The van der Waals surface area contributed by atoms with Crippen molar-refractivity contribution in [3.8, 4) is 0 Å². The Morgan fingerprint density at radius 2 is 1.42 bits per heavy atom. The van der Waals surface area contributed by atoms with Crippen LogP contribution in [0.3, 0.4) is 0 Å². The average Bonchev–Trinajstić information content (AvgIpc) is 3.30. The molecular formula is C55H95N3O16. The van der Waals surface area contributed by atoms with E-state index in [1.807, 2.05) is 44.2 Å². The van der Waals surface area contributed by atoms with Crippen LogP contribution in [0.15, 0.2) is 64.7 Å². The number of nitrogens with zero attached hydrogens (tertiary/aromatic N) is 1. The summed E-state index contributed by atoms with van der Waals surface area (Å²) in [4.78, 5) is 27.9. The number of esters is 1. The molecule has 0 amide bonds. The molecule has 0 unspecified atom stereocenters. The Balaban J connectivity index is 2.41. The lowest BCUT2D eigenvalue weighted by molar-refractivity contribution is -0.333. The second kappa shape index (κ2) is 34.2. The first-order chi connectivity index (χ1) is 34.7. The van der Waals surface area contributed by atoms with E-state index < -0.39 is 110 Å². The van der Waals surface area contributed by atoms with Crippen LogP contribution < -0.4 is 11.5 Å².